The standard InChI is InChI=1S/C16H20N2O2/c1-20-16(19)10-9-15-17-11-5-8-14(17)12-18(15)13-6-3-2-4-7-13/h2-4,6-7,9-10,14-15H,5,8,11-12H2,1H3/b10-9+/t14-,15+/m0/s1. The molecule has 0 amide bonds. The lowest BCUT2D eigenvalue weighted by molar-refractivity contribution is -0.134. The van der Waals surface area contributed by atoms with Crippen LogP contribution in [0.2, 0.25) is 0 Å². The fourth-order valence-corrected chi connectivity index (χ4v) is 3.24. The highest BCUT2D eigenvalue weighted by molar-refractivity contribution is 5.82. The molecule has 2 atom stereocenters. The number of benzene rings is 1. The molecular formula is C16H20N2O2. The van der Waals surface area contributed by atoms with Gasteiger partial charge in [-0.15, -0.1) is 0 Å². The summed E-state index contributed by atoms with van der Waals surface area (Å²) in [5, 5.41) is 0. The molecule has 0 aromatic heterocycles. The average Bonchev–Trinajstić information content (AvgIpc) is 3.06. The summed E-state index contributed by atoms with van der Waals surface area (Å²) in [6.07, 6.45) is 6.15. The van der Waals surface area contributed by atoms with Crippen molar-refractivity contribution < 1.29 is 9.53 Å². The molecule has 2 saturated heterocycles. The summed E-state index contributed by atoms with van der Waals surface area (Å²) in [5.74, 6) is -0.291. The van der Waals surface area contributed by atoms with E-state index in [1.54, 1.807) is 6.08 Å². The molecule has 106 valence electrons. The maximum absolute atomic E-state index is 11.4. The van der Waals surface area contributed by atoms with Crippen molar-refractivity contribution in [1.82, 2.24) is 4.90 Å². The molecule has 2 aliphatic heterocycles. The first-order valence-corrected chi connectivity index (χ1v) is 7.13. The molecule has 4 nitrogen and oxygen atoms in total. The van der Waals surface area contributed by atoms with Crippen molar-refractivity contribution in [3.63, 3.8) is 0 Å². The highest BCUT2D eigenvalue weighted by Gasteiger charge is 2.40. The van der Waals surface area contributed by atoms with Gasteiger partial charge in [-0.05, 0) is 31.1 Å². The number of carbonyl (C=O) groups is 1. The van der Waals surface area contributed by atoms with Gasteiger partial charge in [-0.1, -0.05) is 18.2 Å². The molecule has 0 bridgehead atoms. The minimum atomic E-state index is -0.291. The van der Waals surface area contributed by atoms with Gasteiger partial charge in [0.15, 0.2) is 0 Å². The Balaban J connectivity index is 1.85. The van der Waals surface area contributed by atoms with Crippen LogP contribution in [0.5, 0.6) is 0 Å². The highest BCUT2D eigenvalue weighted by atomic mass is 16.5. The summed E-state index contributed by atoms with van der Waals surface area (Å²) in [6.45, 7) is 2.13. The zero-order chi connectivity index (χ0) is 13.9. The summed E-state index contributed by atoms with van der Waals surface area (Å²) in [4.78, 5) is 16.2. The van der Waals surface area contributed by atoms with Gasteiger partial charge < -0.3 is 9.64 Å². The summed E-state index contributed by atoms with van der Waals surface area (Å²) >= 11 is 0. The van der Waals surface area contributed by atoms with Gasteiger partial charge in [-0.25, -0.2) is 4.79 Å². The number of esters is 1. The van der Waals surface area contributed by atoms with Crippen LogP contribution in [0.25, 0.3) is 0 Å². The summed E-state index contributed by atoms with van der Waals surface area (Å²) in [7, 11) is 1.41. The van der Waals surface area contributed by atoms with E-state index in [1.807, 2.05) is 12.1 Å². The molecule has 3 rings (SSSR count). The first kappa shape index (κ1) is 13.2. The van der Waals surface area contributed by atoms with Crippen molar-refractivity contribution in [3.05, 3.63) is 42.5 Å². The molecule has 0 radical (unpaired) electrons. The van der Waals surface area contributed by atoms with Gasteiger partial charge in [0, 0.05) is 30.9 Å². The Morgan fingerprint density at radius 3 is 2.90 bits per heavy atom. The van der Waals surface area contributed by atoms with Gasteiger partial charge >= 0.3 is 5.97 Å². The number of rotatable bonds is 3. The van der Waals surface area contributed by atoms with E-state index in [0.717, 1.165) is 13.1 Å². The van der Waals surface area contributed by atoms with Crippen LogP contribution >= 0.6 is 0 Å². The van der Waals surface area contributed by atoms with Gasteiger partial charge in [0.25, 0.3) is 0 Å². The molecule has 2 fully saturated rings. The molecule has 0 N–H and O–H groups in total. The molecule has 2 aliphatic rings. The molecule has 1 aromatic carbocycles. The average molecular weight is 272 g/mol. The maximum Gasteiger partial charge on any atom is 0.330 e. The van der Waals surface area contributed by atoms with Crippen LogP contribution in [0.15, 0.2) is 42.5 Å². The number of carbonyl (C=O) groups excluding carboxylic acids is 1. The second-order valence-electron chi connectivity index (χ2n) is 5.32. The number of anilines is 1. The Bertz CT molecular complexity index is 500. The van der Waals surface area contributed by atoms with Gasteiger partial charge in [-0.3, -0.25) is 4.90 Å². The fraction of sp³-hybridized carbons (Fsp3) is 0.438. The van der Waals surface area contributed by atoms with Gasteiger partial charge in [0.1, 0.15) is 6.17 Å². The summed E-state index contributed by atoms with van der Waals surface area (Å²) in [5.41, 5.74) is 1.21. The van der Waals surface area contributed by atoms with Crippen LogP contribution in [0.1, 0.15) is 12.8 Å². The largest absolute Gasteiger partial charge is 0.466 e. The van der Waals surface area contributed by atoms with Gasteiger partial charge in [0.2, 0.25) is 0 Å². The van der Waals surface area contributed by atoms with Crippen LogP contribution in [0.3, 0.4) is 0 Å². The molecule has 1 aromatic rings. The first-order valence-electron chi connectivity index (χ1n) is 7.13. The van der Waals surface area contributed by atoms with Crippen molar-refractivity contribution in [3.8, 4) is 0 Å². The Morgan fingerprint density at radius 1 is 1.35 bits per heavy atom. The second-order valence-corrected chi connectivity index (χ2v) is 5.32. The predicted octanol–water partition coefficient (Wildman–Crippen LogP) is 2.03. The Morgan fingerprint density at radius 2 is 2.15 bits per heavy atom. The Labute approximate surface area is 119 Å². The number of methoxy groups -OCH3 is 1. The third-order valence-electron chi connectivity index (χ3n) is 4.18. The van der Waals surface area contributed by atoms with Crippen molar-refractivity contribution >= 4 is 11.7 Å². The Hall–Kier alpha value is -1.81. The summed E-state index contributed by atoms with van der Waals surface area (Å²) in [6, 6.07) is 11.0. The lowest BCUT2D eigenvalue weighted by Crippen LogP contribution is -2.37. The predicted molar refractivity (Wildman–Crippen MR) is 78.5 cm³/mol. The maximum atomic E-state index is 11.4. The molecule has 0 aliphatic carbocycles. The van der Waals surface area contributed by atoms with Crippen molar-refractivity contribution in [2.75, 3.05) is 25.1 Å². The third kappa shape index (κ3) is 2.43. The number of ether oxygens (including phenoxy) is 1. The topological polar surface area (TPSA) is 32.8 Å². The van der Waals surface area contributed by atoms with E-state index >= 15 is 0 Å². The lowest BCUT2D eigenvalue weighted by atomic mass is 10.2. The van der Waals surface area contributed by atoms with Crippen LogP contribution in [0, 0.1) is 0 Å². The zero-order valence-corrected chi connectivity index (χ0v) is 11.7. The lowest BCUT2D eigenvalue weighted by Gasteiger charge is -2.28. The highest BCUT2D eigenvalue weighted by Crippen LogP contribution is 2.33. The molecular weight excluding hydrogens is 252 g/mol. The minimum absolute atomic E-state index is 0.156. The normalized spacial score (nSPS) is 26.1. The monoisotopic (exact) mass is 272 g/mol. The zero-order valence-electron chi connectivity index (χ0n) is 11.7. The molecule has 0 unspecified atom stereocenters. The first-order chi connectivity index (χ1) is 9.79. The molecule has 0 spiro atoms. The minimum Gasteiger partial charge on any atom is -0.466 e. The van der Waals surface area contributed by atoms with E-state index in [2.05, 4.69) is 34.1 Å². The fourth-order valence-electron chi connectivity index (χ4n) is 3.24. The van der Waals surface area contributed by atoms with E-state index in [-0.39, 0.29) is 12.1 Å². The van der Waals surface area contributed by atoms with Crippen LogP contribution in [0.4, 0.5) is 5.69 Å². The van der Waals surface area contributed by atoms with Crippen LogP contribution in [-0.4, -0.2) is 43.3 Å². The van der Waals surface area contributed by atoms with Crippen molar-refractivity contribution in [1.29, 1.82) is 0 Å². The third-order valence-corrected chi connectivity index (χ3v) is 4.18. The molecule has 2 heterocycles. The van der Waals surface area contributed by atoms with Crippen LogP contribution in [-0.2, 0) is 9.53 Å². The van der Waals surface area contributed by atoms with Gasteiger partial charge in [-0.2, -0.15) is 0 Å². The van der Waals surface area contributed by atoms with E-state index in [1.165, 1.54) is 25.6 Å². The number of fused-ring (bicyclic) bond motifs is 1. The second kappa shape index (κ2) is 5.67. The number of nitrogens with zero attached hydrogens (tertiary/aromatic N) is 2. The molecule has 0 saturated carbocycles. The summed E-state index contributed by atoms with van der Waals surface area (Å²) < 4.78 is 4.70. The Kier molecular flexibility index (Phi) is 3.74. The molecule has 4 heteroatoms. The van der Waals surface area contributed by atoms with E-state index in [4.69, 9.17) is 4.74 Å². The van der Waals surface area contributed by atoms with E-state index < -0.39 is 0 Å². The number of hydrogen-bond donors (Lipinski definition) is 0. The van der Waals surface area contributed by atoms with Crippen molar-refractivity contribution in [2.24, 2.45) is 0 Å². The SMILES string of the molecule is COC(=O)/C=C/[C@H]1N(c2ccccc2)C[C@@H]2CCCN21. The van der Waals surface area contributed by atoms with Crippen molar-refractivity contribution in [2.45, 2.75) is 25.0 Å². The van der Waals surface area contributed by atoms with E-state index in [9.17, 15) is 4.79 Å². The van der Waals surface area contributed by atoms with Crippen LogP contribution < -0.4 is 4.90 Å². The van der Waals surface area contributed by atoms with Gasteiger partial charge in [0.05, 0.1) is 7.11 Å². The quantitative estimate of drug-likeness (QED) is 0.622. The smallest absolute Gasteiger partial charge is 0.330 e. The van der Waals surface area contributed by atoms with E-state index in [0.29, 0.717) is 6.04 Å². The number of hydrogen-bond acceptors (Lipinski definition) is 4. The molecule has 20 heavy (non-hydrogen) atoms. The number of para-hydroxylation sites is 1.